The normalized spacial score (nSPS) is 13.0. The molecule has 2 aromatic carbocycles. The maximum absolute atomic E-state index is 12.4. The lowest BCUT2D eigenvalue weighted by atomic mass is 10.2. The maximum atomic E-state index is 12.4. The number of halogens is 1. The van der Waals surface area contributed by atoms with Gasteiger partial charge in [-0.1, -0.05) is 34.1 Å². The number of benzene rings is 2. The molecule has 0 saturated heterocycles. The Labute approximate surface area is 168 Å². The van der Waals surface area contributed by atoms with Crippen molar-refractivity contribution in [3.8, 4) is 5.75 Å². The zero-order valence-corrected chi connectivity index (χ0v) is 16.7. The molecule has 8 nitrogen and oxygen atoms in total. The van der Waals surface area contributed by atoms with Crippen molar-refractivity contribution >= 4 is 38.8 Å². The van der Waals surface area contributed by atoms with E-state index in [1.165, 1.54) is 11.5 Å². The summed E-state index contributed by atoms with van der Waals surface area (Å²) in [6, 6.07) is 12.9. The van der Waals surface area contributed by atoms with Crippen LogP contribution in [0.1, 0.15) is 19.9 Å². The van der Waals surface area contributed by atoms with E-state index >= 15 is 0 Å². The third-order valence-corrected chi connectivity index (χ3v) is 4.57. The number of oxazole rings is 1. The third kappa shape index (κ3) is 4.25. The van der Waals surface area contributed by atoms with Gasteiger partial charge in [-0.2, -0.15) is 0 Å². The molecule has 0 bridgehead atoms. The van der Waals surface area contributed by atoms with Crippen LogP contribution in [0, 0.1) is 0 Å². The average Bonchev–Trinajstić information content (AvgIpc) is 3.00. The number of aromatic nitrogens is 1. The van der Waals surface area contributed by atoms with Gasteiger partial charge >= 0.3 is 5.76 Å². The molecule has 0 fully saturated rings. The third-order valence-electron chi connectivity index (χ3n) is 4.07. The summed E-state index contributed by atoms with van der Waals surface area (Å²) in [5.74, 6) is -1.25. The predicted molar refractivity (Wildman–Crippen MR) is 106 cm³/mol. The summed E-state index contributed by atoms with van der Waals surface area (Å²) < 4.78 is 12.7. The van der Waals surface area contributed by atoms with Crippen LogP contribution in [0.4, 0.5) is 0 Å². The van der Waals surface area contributed by atoms with Gasteiger partial charge in [0.1, 0.15) is 11.8 Å². The van der Waals surface area contributed by atoms with E-state index in [0.29, 0.717) is 16.8 Å². The molecule has 2 amide bonds. The number of hydrogen-bond donors (Lipinski definition) is 2. The fourth-order valence-corrected chi connectivity index (χ4v) is 2.97. The van der Waals surface area contributed by atoms with Gasteiger partial charge in [-0.25, -0.2) is 4.79 Å². The van der Waals surface area contributed by atoms with Crippen LogP contribution in [0.25, 0.3) is 11.1 Å². The number of ether oxygens (including phenoxy) is 1. The van der Waals surface area contributed by atoms with E-state index in [1.807, 2.05) is 6.07 Å². The topological polar surface area (TPSA) is 103 Å². The van der Waals surface area contributed by atoms with E-state index < -0.39 is 29.7 Å². The highest BCUT2D eigenvalue weighted by Crippen LogP contribution is 2.19. The molecule has 28 heavy (non-hydrogen) atoms. The first kappa shape index (κ1) is 19.7. The fraction of sp³-hybridized carbons (Fsp3) is 0.211. The molecule has 2 N–H and O–H groups in total. The molecule has 146 valence electrons. The van der Waals surface area contributed by atoms with E-state index in [2.05, 4.69) is 26.8 Å². The van der Waals surface area contributed by atoms with Crippen molar-refractivity contribution in [3.05, 3.63) is 63.6 Å². The lowest BCUT2D eigenvalue weighted by molar-refractivity contribution is -0.133. The Morgan fingerprint density at radius 1 is 1.07 bits per heavy atom. The van der Waals surface area contributed by atoms with Gasteiger partial charge in [0, 0.05) is 4.47 Å². The summed E-state index contributed by atoms with van der Waals surface area (Å²) in [5.41, 5.74) is 5.49. The van der Waals surface area contributed by atoms with Gasteiger partial charge in [0.25, 0.3) is 11.8 Å². The quantitative estimate of drug-likeness (QED) is 0.585. The smallest absolute Gasteiger partial charge is 0.420 e. The summed E-state index contributed by atoms with van der Waals surface area (Å²) in [4.78, 5) is 36.6. The molecule has 1 heterocycles. The summed E-state index contributed by atoms with van der Waals surface area (Å²) in [6.07, 6.45) is -0.845. The molecule has 1 aromatic heterocycles. The second-order valence-corrected chi connectivity index (χ2v) is 6.99. The zero-order valence-electron chi connectivity index (χ0n) is 15.1. The molecule has 0 aliphatic heterocycles. The minimum absolute atomic E-state index is 0.382. The Bertz CT molecular complexity index is 1070. The molecule has 9 heteroatoms. The summed E-state index contributed by atoms with van der Waals surface area (Å²) in [5, 5.41) is 0. The number of para-hydroxylation sites is 2. The van der Waals surface area contributed by atoms with E-state index in [1.54, 1.807) is 49.4 Å². The molecule has 0 spiro atoms. The largest absolute Gasteiger partial charge is 0.481 e. The van der Waals surface area contributed by atoms with Gasteiger partial charge in [0.2, 0.25) is 0 Å². The first-order valence-corrected chi connectivity index (χ1v) is 9.28. The lowest BCUT2D eigenvalue weighted by Crippen LogP contribution is -2.49. The van der Waals surface area contributed by atoms with Crippen molar-refractivity contribution in [2.45, 2.75) is 26.0 Å². The Kier molecular flexibility index (Phi) is 5.84. The molecule has 0 unspecified atom stereocenters. The summed E-state index contributed by atoms with van der Waals surface area (Å²) >= 11 is 3.32. The summed E-state index contributed by atoms with van der Waals surface area (Å²) in [7, 11) is 0. The molecule has 0 aliphatic carbocycles. The minimum atomic E-state index is -0.891. The Morgan fingerprint density at radius 2 is 1.79 bits per heavy atom. The number of nitrogens with one attached hydrogen (secondary N) is 2. The van der Waals surface area contributed by atoms with Crippen molar-refractivity contribution < 1.29 is 18.7 Å². The van der Waals surface area contributed by atoms with Crippen LogP contribution in [-0.2, 0) is 9.59 Å². The zero-order chi connectivity index (χ0) is 20.3. The second kappa shape index (κ2) is 8.30. The fourth-order valence-electron chi connectivity index (χ4n) is 2.60. The molecule has 3 rings (SSSR count). The molecular weight excluding hydrogens is 430 g/mol. The number of fused-ring (bicyclic) bond motifs is 1. The van der Waals surface area contributed by atoms with Gasteiger partial charge in [-0.3, -0.25) is 25.0 Å². The van der Waals surface area contributed by atoms with Gasteiger partial charge in [0.15, 0.2) is 11.7 Å². The number of nitrogens with zero attached hydrogens (tertiary/aromatic N) is 1. The number of carbonyl (C=O) groups excluding carboxylic acids is 2. The number of hydrazine groups is 1. The van der Waals surface area contributed by atoms with Gasteiger partial charge in [-0.05, 0) is 44.2 Å². The van der Waals surface area contributed by atoms with Crippen LogP contribution in [0.2, 0.25) is 0 Å². The second-order valence-electron chi connectivity index (χ2n) is 6.08. The molecular formula is C19H18BrN3O5. The van der Waals surface area contributed by atoms with Crippen molar-refractivity contribution in [1.29, 1.82) is 0 Å². The van der Waals surface area contributed by atoms with E-state index in [9.17, 15) is 14.4 Å². The molecule has 0 aliphatic rings. The number of hydrogen-bond acceptors (Lipinski definition) is 5. The molecule has 2 atom stereocenters. The van der Waals surface area contributed by atoms with Crippen LogP contribution in [-0.4, -0.2) is 22.5 Å². The van der Waals surface area contributed by atoms with Crippen LogP contribution in [0.15, 0.2) is 62.2 Å². The molecule has 3 aromatic rings. The first-order chi connectivity index (χ1) is 13.4. The van der Waals surface area contributed by atoms with E-state index in [-0.39, 0.29) is 0 Å². The highest BCUT2D eigenvalue weighted by molar-refractivity contribution is 9.10. The van der Waals surface area contributed by atoms with Crippen molar-refractivity contribution in [2.75, 3.05) is 0 Å². The van der Waals surface area contributed by atoms with Gasteiger partial charge in [0.05, 0.1) is 5.52 Å². The lowest BCUT2D eigenvalue weighted by Gasteiger charge is -2.17. The highest BCUT2D eigenvalue weighted by Gasteiger charge is 2.22. The van der Waals surface area contributed by atoms with Crippen LogP contribution < -0.4 is 21.3 Å². The van der Waals surface area contributed by atoms with Crippen molar-refractivity contribution in [2.24, 2.45) is 0 Å². The predicted octanol–water partition coefficient (Wildman–Crippen LogP) is 2.53. The summed E-state index contributed by atoms with van der Waals surface area (Å²) in [6.45, 7) is 3.09. The monoisotopic (exact) mass is 447 g/mol. The number of carbonyl (C=O) groups is 2. The van der Waals surface area contributed by atoms with Gasteiger partial charge < -0.3 is 9.15 Å². The molecule has 0 radical (unpaired) electrons. The average molecular weight is 448 g/mol. The van der Waals surface area contributed by atoms with Crippen LogP contribution >= 0.6 is 15.9 Å². The first-order valence-electron chi connectivity index (χ1n) is 8.49. The van der Waals surface area contributed by atoms with Crippen LogP contribution in [0.3, 0.4) is 0 Å². The SMILES string of the molecule is C[C@@H](Oc1cccc(Br)c1)C(=O)NNC(=O)[C@H](C)n1c(=O)oc2ccccc21. The van der Waals surface area contributed by atoms with E-state index in [4.69, 9.17) is 9.15 Å². The van der Waals surface area contributed by atoms with Crippen LogP contribution in [0.5, 0.6) is 5.75 Å². The molecule has 0 saturated carbocycles. The standard InChI is InChI=1S/C19H18BrN3O5/c1-11(23-15-8-3-4-9-16(15)28-19(23)26)17(24)21-22-18(25)12(2)27-14-7-5-6-13(20)10-14/h3-12H,1-2H3,(H,21,24)(H,22,25)/t11-,12+/m0/s1. The number of amides is 2. The van der Waals surface area contributed by atoms with Crippen molar-refractivity contribution in [1.82, 2.24) is 15.4 Å². The highest BCUT2D eigenvalue weighted by atomic mass is 79.9. The Morgan fingerprint density at radius 3 is 2.54 bits per heavy atom. The van der Waals surface area contributed by atoms with Gasteiger partial charge in [-0.15, -0.1) is 0 Å². The minimum Gasteiger partial charge on any atom is -0.481 e. The Hall–Kier alpha value is -3.07. The number of rotatable bonds is 5. The Balaban J connectivity index is 1.62. The van der Waals surface area contributed by atoms with E-state index in [0.717, 1.165) is 4.47 Å². The maximum Gasteiger partial charge on any atom is 0.420 e. The van der Waals surface area contributed by atoms with Crippen molar-refractivity contribution in [3.63, 3.8) is 0 Å².